The van der Waals surface area contributed by atoms with Crippen molar-refractivity contribution in [2.75, 3.05) is 11.5 Å². The maximum Gasteiger partial charge on any atom is 0.296 e. The van der Waals surface area contributed by atoms with Crippen LogP contribution in [-0.4, -0.2) is 38.7 Å². The average molecular weight is 586 g/mol. The summed E-state index contributed by atoms with van der Waals surface area (Å²) < 4.78 is 12.0. The molecule has 2 N–H and O–H groups in total. The van der Waals surface area contributed by atoms with Crippen LogP contribution in [0.15, 0.2) is 99.0 Å². The molecule has 3 aromatic carbocycles. The van der Waals surface area contributed by atoms with E-state index in [0.29, 0.717) is 26.6 Å². The van der Waals surface area contributed by atoms with Crippen molar-refractivity contribution >= 4 is 50.9 Å². The molecule has 0 aliphatic carbocycles. The third kappa shape index (κ3) is 5.05. The summed E-state index contributed by atoms with van der Waals surface area (Å²) >= 11 is 2.64. The number of furan rings is 1. The molecule has 41 heavy (non-hydrogen) atoms. The van der Waals surface area contributed by atoms with Crippen LogP contribution < -0.4 is 9.64 Å². The number of Topliss-reactive ketones (excluding diaryl/α,β-unsaturated/α-hetero) is 1. The van der Waals surface area contributed by atoms with Crippen molar-refractivity contribution in [3.05, 3.63) is 107 Å². The summed E-state index contributed by atoms with van der Waals surface area (Å²) in [5.74, 6) is -1.43. The largest absolute Gasteiger partial charge is 0.504 e. The van der Waals surface area contributed by atoms with Crippen molar-refractivity contribution in [1.82, 2.24) is 10.2 Å². The highest BCUT2D eigenvalue weighted by Crippen LogP contribution is 2.45. The van der Waals surface area contributed by atoms with Gasteiger partial charge in [0.05, 0.1) is 18.2 Å². The predicted molar refractivity (Wildman–Crippen MR) is 156 cm³/mol. The van der Waals surface area contributed by atoms with Crippen LogP contribution in [0.5, 0.6) is 11.5 Å². The molecule has 1 atom stereocenters. The molecule has 9 nitrogen and oxygen atoms in total. The molecule has 5 aromatic rings. The van der Waals surface area contributed by atoms with Gasteiger partial charge in [0.15, 0.2) is 27.4 Å². The van der Waals surface area contributed by atoms with Crippen LogP contribution in [0, 0.1) is 0 Å². The number of ketones is 1. The van der Waals surface area contributed by atoms with Gasteiger partial charge in [-0.25, -0.2) is 0 Å². The highest BCUT2D eigenvalue weighted by molar-refractivity contribution is 8.00. The van der Waals surface area contributed by atoms with Crippen LogP contribution in [-0.2, 0) is 10.5 Å². The van der Waals surface area contributed by atoms with Crippen LogP contribution in [0.1, 0.15) is 34.6 Å². The third-order valence-corrected chi connectivity index (χ3v) is 8.64. The molecule has 1 aliphatic heterocycles. The maximum atomic E-state index is 13.9. The van der Waals surface area contributed by atoms with E-state index in [1.165, 1.54) is 34.1 Å². The SMILES string of the molecule is CCOc1cc(C2C(C(=O)c3cc4ccccc4o3)=C(O)C(=O)N2c2nnc(SCc3ccccc3)s2)ccc1O. The minimum absolute atomic E-state index is 0.0208. The number of aromatic hydroxyl groups is 1. The van der Waals surface area contributed by atoms with E-state index < -0.39 is 23.5 Å². The minimum atomic E-state index is -1.08. The van der Waals surface area contributed by atoms with E-state index >= 15 is 0 Å². The number of ether oxygens (including phenoxy) is 1. The molecule has 6 rings (SSSR count). The van der Waals surface area contributed by atoms with E-state index in [-0.39, 0.29) is 34.6 Å². The smallest absolute Gasteiger partial charge is 0.296 e. The lowest BCUT2D eigenvalue weighted by Crippen LogP contribution is -2.31. The molecule has 206 valence electrons. The van der Waals surface area contributed by atoms with E-state index in [4.69, 9.17) is 9.15 Å². The lowest BCUT2D eigenvalue weighted by molar-refractivity contribution is -0.117. The second kappa shape index (κ2) is 11.1. The zero-order valence-electron chi connectivity index (χ0n) is 21.7. The first-order chi connectivity index (χ1) is 19.9. The highest BCUT2D eigenvalue weighted by atomic mass is 32.2. The van der Waals surface area contributed by atoms with Gasteiger partial charge in [0.1, 0.15) is 5.58 Å². The number of aromatic nitrogens is 2. The molecule has 1 unspecified atom stereocenters. The first-order valence-electron chi connectivity index (χ1n) is 12.7. The Kier molecular flexibility index (Phi) is 7.21. The van der Waals surface area contributed by atoms with Gasteiger partial charge < -0.3 is 19.4 Å². The number of carbonyl (C=O) groups is 2. The summed E-state index contributed by atoms with van der Waals surface area (Å²) in [6, 6.07) is 22.0. The van der Waals surface area contributed by atoms with E-state index in [2.05, 4.69) is 10.2 Å². The Morgan fingerprint density at radius 2 is 1.83 bits per heavy atom. The molecule has 0 saturated carbocycles. The van der Waals surface area contributed by atoms with Gasteiger partial charge in [-0.2, -0.15) is 0 Å². The minimum Gasteiger partial charge on any atom is -0.504 e. The first-order valence-corrected chi connectivity index (χ1v) is 14.5. The fourth-order valence-electron chi connectivity index (χ4n) is 4.63. The second-order valence-corrected chi connectivity index (χ2v) is 11.3. The molecular weight excluding hydrogens is 562 g/mol. The van der Waals surface area contributed by atoms with Crippen molar-refractivity contribution < 1.29 is 29.0 Å². The highest BCUT2D eigenvalue weighted by Gasteiger charge is 2.47. The van der Waals surface area contributed by atoms with Gasteiger partial charge in [-0.15, -0.1) is 10.2 Å². The summed E-state index contributed by atoms with van der Waals surface area (Å²) in [6.45, 7) is 2.06. The molecular formula is C30H23N3O6S2. The van der Waals surface area contributed by atoms with Crippen molar-refractivity contribution in [2.24, 2.45) is 0 Å². The van der Waals surface area contributed by atoms with Crippen LogP contribution in [0.25, 0.3) is 11.0 Å². The van der Waals surface area contributed by atoms with Gasteiger partial charge in [0.2, 0.25) is 10.9 Å². The lowest BCUT2D eigenvalue weighted by Gasteiger charge is -2.24. The van der Waals surface area contributed by atoms with Crippen molar-refractivity contribution in [2.45, 2.75) is 23.1 Å². The lowest BCUT2D eigenvalue weighted by atomic mass is 9.95. The molecule has 11 heteroatoms. The normalized spacial score (nSPS) is 15.2. The van der Waals surface area contributed by atoms with Gasteiger partial charge >= 0.3 is 0 Å². The number of benzene rings is 3. The fourth-order valence-corrected chi connectivity index (χ4v) is 6.45. The molecule has 0 fully saturated rings. The third-order valence-electron chi connectivity index (χ3n) is 6.51. The van der Waals surface area contributed by atoms with E-state index in [1.54, 1.807) is 43.3 Å². The molecule has 0 saturated heterocycles. The number of hydrogen-bond acceptors (Lipinski definition) is 10. The van der Waals surface area contributed by atoms with Gasteiger partial charge in [0, 0.05) is 11.1 Å². The topological polar surface area (TPSA) is 126 Å². The fraction of sp³-hybridized carbons (Fsp3) is 0.133. The van der Waals surface area contributed by atoms with Crippen LogP contribution >= 0.6 is 23.1 Å². The first kappa shape index (κ1) is 26.6. The van der Waals surface area contributed by atoms with E-state index in [9.17, 15) is 19.8 Å². The molecule has 3 heterocycles. The molecule has 1 amide bonds. The number of nitrogens with zero attached hydrogens (tertiary/aromatic N) is 3. The maximum absolute atomic E-state index is 13.9. The van der Waals surface area contributed by atoms with Gasteiger partial charge in [-0.05, 0) is 42.3 Å². The molecule has 0 spiro atoms. The summed E-state index contributed by atoms with van der Waals surface area (Å²) in [5, 5.41) is 30.8. The molecule has 0 bridgehead atoms. The zero-order valence-corrected chi connectivity index (χ0v) is 23.3. The van der Waals surface area contributed by atoms with Crippen LogP contribution in [0.2, 0.25) is 0 Å². The summed E-state index contributed by atoms with van der Waals surface area (Å²) in [7, 11) is 0. The van der Waals surface area contributed by atoms with Crippen LogP contribution in [0.3, 0.4) is 0 Å². The number of thioether (sulfide) groups is 1. The van der Waals surface area contributed by atoms with Gasteiger partial charge in [0.25, 0.3) is 5.91 Å². The molecule has 0 radical (unpaired) electrons. The number of fused-ring (bicyclic) bond motifs is 1. The van der Waals surface area contributed by atoms with Crippen molar-refractivity contribution in [3.8, 4) is 11.5 Å². The number of anilines is 1. The number of phenols is 1. The Balaban J connectivity index is 1.40. The number of aliphatic hydroxyl groups excluding tert-OH is 1. The quantitative estimate of drug-likeness (QED) is 0.114. The Bertz CT molecular complexity index is 1760. The Morgan fingerprint density at radius 1 is 1.05 bits per heavy atom. The molecule has 2 aromatic heterocycles. The number of phenolic OH excluding ortho intramolecular Hbond substituents is 1. The van der Waals surface area contributed by atoms with Crippen molar-refractivity contribution in [3.63, 3.8) is 0 Å². The number of aliphatic hydroxyl groups is 1. The second-order valence-electron chi connectivity index (χ2n) is 9.10. The Labute approximate surface area is 242 Å². The summed E-state index contributed by atoms with van der Waals surface area (Å²) in [4.78, 5) is 28.7. The van der Waals surface area contributed by atoms with Crippen molar-refractivity contribution in [1.29, 1.82) is 0 Å². The average Bonchev–Trinajstić information content (AvgIpc) is 3.70. The van der Waals surface area contributed by atoms with E-state index in [1.807, 2.05) is 36.4 Å². The number of amides is 1. The Hall–Kier alpha value is -4.61. The zero-order chi connectivity index (χ0) is 28.5. The number of para-hydroxylation sites is 1. The number of rotatable bonds is 9. The molecule has 1 aliphatic rings. The van der Waals surface area contributed by atoms with Crippen LogP contribution in [0.4, 0.5) is 5.13 Å². The van der Waals surface area contributed by atoms with E-state index in [0.717, 1.165) is 5.56 Å². The summed E-state index contributed by atoms with van der Waals surface area (Å²) in [5.41, 5.74) is 1.86. The Morgan fingerprint density at radius 3 is 2.61 bits per heavy atom. The standard InChI is InChI=1S/C30H23N3O6S2/c1-2-38-22-15-19(12-13-20(22)34)25-24(26(35)23-14-18-10-6-7-11-21(18)39-23)27(36)28(37)33(25)29-31-32-30(41-29)40-16-17-8-4-3-5-9-17/h3-15,25,34,36H,2,16H2,1H3. The number of carbonyl (C=O) groups excluding carboxylic acids is 2. The van der Waals surface area contributed by atoms with Gasteiger partial charge in [-0.3, -0.25) is 14.5 Å². The van der Waals surface area contributed by atoms with Gasteiger partial charge in [-0.1, -0.05) is 77.7 Å². The monoisotopic (exact) mass is 585 g/mol. The number of hydrogen-bond donors (Lipinski definition) is 2. The summed E-state index contributed by atoms with van der Waals surface area (Å²) in [6.07, 6.45) is 0. The predicted octanol–water partition coefficient (Wildman–Crippen LogP) is 6.46.